The number of nitrogens with one attached hydrogen (secondary N) is 1. The minimum absolute atomic E-state index is 0.667. The van der Waals surface area contributed by atoms with Crippen molar-refractivity contribution in [2.24, 2.45) is 0 Å². The Morgan fingerprint density at radius 3 is 3.11 bits per heavy atom. The molecule has 5 heteroatoms. The molecular formula is C13H14N4O. The Kier molecular flexibility index (Phi) is 2.72. The molecule has 0 amide bonds. The van der Waals surface area contributed by atoms with Crippen LogP contribution in [0.1, 0.15) is 12.5 Å². The molecule has 0 unspecified atom stereocenters. The van der Waals surface area contributed by atoms with Gasteiger partial charge in [-0.2, -0.15) is 5.10 Å². The van der Waals surface area contributed by atoms with Crippen LogP contribution >= 0.6 is 0 Å². The van der Waals surface area contributed by atoms with Gasteiger partial charge in [0.05, 0.1) is 13.2 Å². The largest absolute Gasteiger partial charge is 0.492 e. The van der Waals surface area contributed by atoms with E-state index in [1.54, 1.807) is 17.3 Å². The van der Waals surface area contributed by atoms with Crippen LogP contribution in [0, 0.1) is 0 Å². The molecule has 0 atom stereocenters. The minimum Gasteiger partial charge on any atom is -0.492 e. The van der Waals surface area contributed by atoms with Crippen molar-refractivity contribution in [3.8, 4) is 5.75 Å². The van der Waals surface area contributed by atoms with Gasteiger partial charge in [-0.05, 0) is 24.6 Å². The lowest BCUT2D eigenvalue weighted by molar-refractivity contribution is 0.344. The molecule has 3 rings (SSSR count). The second-order valence-electron chi connectivity index (χ2n) is 4.06. The molecule has 0 radical (unpaired) electrons. The third-order valence-electron chi connectivity index (χ3n) is 2.82. The predicted octanol–water partition coefficient (Wildman–Crippen LogP) is 2.21. The van der Waals surface area contributed by atoms with Crippen LogP contribution in [-0.2, 0) is 6.54 Å². The van der Waals surface area contributed by atoms with Gasteiger partial charge < -0.3 is 9.72 Å². The quantitative estimate of drug-likeness (QED) is 0.763. The van der Waals surface area contributed by atoms with E-state index in [4.69, 9.17) is 4.74 Å². The first-order valence-electron chi connectivity index (χ1n) is 5.92. The van der Waals surface area contributed by atoms with Gasteiger partial charge >= 0.3 is 0 Å². The molecule has 0 aliphatic heterocycles. The van der Waals surface area contributed by atoms with Crippen LogP contribution in [0.3, 0.4) is 0 Å². The number of rotatable bonds is 4. The van der Waals surface area contributed by atoms with E-state index in [0.29, 0.717) is 13.2 Å². The van der Waals surface area contributed by atoms with Crippen molar-refractivity contribution in [3.63, 3.8) is 0 Å². The molecule has 1 aromatic carbocycles. The smallest absolute Gasteiger partial charge is 0.144 e. The number of aromatic nitrogens is 4. The Bertz CT molecular complexity index is 642. The molecule has 2 aromatic heterocycles. The van der Waals surface area contributed by atoms with Crippen LogP contribution in [-0.4, -0.2) is 26.4 Å². The molecule has 0 aliphatic rings. The van der Waals surface area contributed by atoms with Crippen LogP contribution in [0.5, 0.6) is 5.75 Å². The number of H-pyrrole nitrogens is 1. The van der Waals surface area contributed by atoms with Gasteiger partial charge in [0.2, 0.25) is 0 Å². The summed E-state index contributed by atoms with van der Waals surface area (Å²) in [6.07, 6.45) is 5.15. The van der Waals surface area contributed by atoms with Gasteiger partial charge in [-0.1, -0.05) is 6.07 Å². The molecule has 0 saturated carbocycles. The maximum Gasteiger partial charge on any atom is 0.144 e. The first-order chi connectivity index (χ1) is 8.86. The molecule has 0 bridgehead atoms. The van der Waals surface area contributed by atoms with Crippen molar-refractivity contribution in [1.29, 1.82) is 0 Å². The average molecular weight is 242 g/mol. The van der Waals surface area contributed by atoms with E-state index in [1.165, 1.54) is 5.56 Å². The highest BCUT2D eigenvalue weighted by Gasteiger charge is 2.05. The van der Waals surface area contributed by atoms with E-state index in [0.717, 1.165) is 16.7 Å². The summed E-state index contributed by atoms with van der Waals surface area (Å²) in [7, 11) is 0. The van der Waals surface area contributed by atoms with Crippen molar-refractivity contribution < 1.29 is 4.74 Å². The predicted molar refractivity (Wildman–Crippen MR) is 68.6 cm³/mol. The molecule has 0 spiro atoms. The van der Waals surface area contributed by atoms with Gasteiger partial charge in [0, 0.05) is 17.1 Å². The maximum absolute atomic E-state index is 5.58. The lowest BCUT2D eigenvalue weighted by Gasteiger charge is -2.03. The van der Waals surface area contributed by atoms with E-state index in [-0.39, 0.29) is 0 Å². The van der Waals surface area contributed by atoms with Gasteiger partial charge in [0.1, 0.15) is 18.4 Å². The molecular weight excluding hydrogens is 228 g/mol. The highest BCUT2D eigenvalue weighted by molar-refractivity contribution is 5.86. The van der Waals surface area contributed by atoms with E-state index < -0.39 is 0 Å². The van der Waals surface area contributed by atoms with Crippen molar-refractivity contribution in [2.75, 3.05) is 6.61 Å². The fourth-order valence-electron chi connectivity index (χ4n) is 2.02. The Hall–Kier alpha value is -2.30. The zero-order valence-corrected chi connectivity index (χ0v) is 10.1. The SMILES string of the molecule is CCOc1c[nH]c2ccc(Cn3cncn3)cc12. The second-order valence-corrected chi connectivity index (χ2v) is 4.06. The number of fused-ring (bicyclic) bond motifs is 1. The summed E-state index contributed by atoms with van der Waals surface area (Å²) >= 11 is 0. The molecule has 2 heterocycles. The third-order valence-corrected chi connectivity index (χ3v) is 2.82. The molecule has 5 nitrogen and oxygen atoms in total. The molecule has 0 aliphatic carbocycles. The summed E-state index contributed by atoms with van der Waals surface area (Å²) < 4.78 is 7.38. The first-order valence-corrected chi connectivity index (χ1v) is 5.92. The van der Waals surface area contributed by atoms with Gasteiger partial charge in [0.25, 0.3) is 0 Å². The summed E-state index contributed by atoms with van der Waals surface area (Å²) in [5, 5.41) is 5.21. The fourth-order valence-corrected chi connectivity index (χ4v) is 2.02. The van der Waals surface area contributed by atoms with Crippen molar-refractivity contribution >= 4 is 10.9 Å². The zero-order chi connectivity index (χ0) is 12.4. The van der Waals surface area contributed by atoms with Crippen LogP contribution in [0.25, 0.3) is 10.9 Å². The molecule has 0 fully saturated rings. The van der Waals surface area contributed by atoms with Gasteiger partial charge in [0.15, 0.2) is 0 Å². The summed E-state index contributed by atoms with van der Waals surface area (Å²) in [5.41, 5.74) is 2.26. The summed E-state index contributed by atoms with van der Waals surface area (Å²) in [4.78, 5) is 7.14. The number of hydrogen-bond donors (Lipinski definition) is 1. The van der Waals surface area contributed by atoms with Crippen LogP contribution in [0.15, 0.2) is 37.1 Å². The number of benzene rings is 1. The molecule has 0 saturated heterocycles. The average Bonchev–Trinajstić information content (AvgIpc) is 3.00. The fraction of sp³-hybridized carbons (Fsp3) is 0.231. The van der Waals surface area contributed by atoms with Crippen molar-refractivity contribution in [3.05, 3.63) is 42.6 Å². The Morgan fingerprint density at radius 1 is 1.39 bits per heavy atom. The second kappa shape index (κ2) is 4.52. The van der Waals surface area contributed by atoms with Crippen molar-refractivity contribution in [1.82, 2.24) is 19.7 Å². The van der Waals surface area contributed by atoms with E-state index in [9.17, 15) is 0 Å². The van der Waals surface area contributed by atoms with E-state index >= 15 is 0 Å². The Labute approximate surface area is 104 Å². The zero-order valence-electron chi connectivity index (χ0n) is 10.1. The lowest BCUT2D eigenvalue weighted by Crippen LogP contribution is -1.99. The normalized spacial score (nSPS) is 10.9. The molecule has 92 valence electrons. The number of aromatic amines is 1. The summed E-state index contributed by atoms with van der Waals surface area (Å²) in [5.74, 6) is 0.896. The third kappa shape index (κ3) is 1.95. The standard InChI is InChI=1S/C13H14N4O/c1-2-18-13-6-15-12-4-3-10(5-11(12)13)7-17-9-14-8-16-17/h3-6,8-9,15H,2,7H2,1H3. The van der Waals surface area contributed by atoms with Crippen LogP contribution < -0.4 is 4.74 Å². The summed E-state index contributed by atoms with van der Waals surface area (Å²) in [6, 6.07) is 6.26. The Balaban J connectivity index is 1.96. The highest BCUT2D eigenvalue weighted by Crippen LogP contribution is 2.26. The van der Waals surface area contributed by atoms with E-state index in [2.05, 4.69) is 33.3 Å². The summed E-state index contributed by atoms with van der Waals surface area (Å²) in [6.45, 7) is 3.37. The molecule has 18 heavy (non-hydrogen) atoms. The monoisotopic (exact) mass is 242 g/mol. The maximum atomic E-state index is 5.58. The van der Waals surface area contributed by atoms with Gasteiger partial charge in [-0.3, -0.25) is 0 Å². The number of nitrogens with zero attached hydrogens (tertiary/aromatic N) is 3. The van der Waals surface area contributed by atoms with E-state index in [1.807, 2.05) is 13.1 Å². The van der Waals surface area contributed by atoms with Crippen molar-refractivity contribution in [2.45, 2.75) is 13.5 Å². The molecule has 1 N–H and O–H groups in total. The first kappa shape index (κ1) is 10.8. The Morgan fingerprint density at radius 2 is 2.33 bits per heavy atom. The molecule has 3 aromatic rings. The minimum atomic E-state index is 0.667. The van der Waals surface area contributed by atoms with Crippen LogP contribution in [0.4, 0.5) is 0 Å². The topological polar surface area (TPSA) is 55.7 Å². The number of hydrogen-bond acceptors (Lipinski definition) is 3. The number of ether oxygens (including phenoxy) is 1. The van der Waals surface area contributed by atoms with Crippen LogP contribution in [0.2, 0.25) is 0 Å². The highest BCUT2D eigenvalue weighted by atomic mass is 16.5. The lowest BCUT2D eigenvalue weighted by atomic mass is 10.1. The van der Waals surface area contributed by atoms with Gasteiger partial charge in [-0.25, -0.2) is 9.67 Å². The van der Waals surface area contributed by atoms with Gasteiger partial charge in [-0.15, -0.1) is 0 Å².